The van der Waals surface area contributed by atoms with E-state index in [4.69, 9.17) is 4.98 Å². The summed E-state index contributed by atoms with van der Waals surface area (Å²) in [6.45, 7) is 5.59. The summed E-state index contributed by atoms with van der Waals surface area (Å²) in [4.78, 5) is 18.7. The van der Waals surface area contributed by atoms with Crippen LogP contribution in [-0.2, 0) is 4.79 Å². The summed E-state index contributed by atoms with van der Waals surface area (Å²) in [5, 5.41) is 15.2. The Balaban J connectivity index is 1.63. The van der Waals surface area contributed by atoms with Crippen molar-refractivity contribution in [1.29, 1.82) is 0 Å². The molecule has 2 unspecified atom stereocenters. The Bertz CT molecular complexity index is 1020. The number of benzene rings is 1. The fourth-order valence-electron chi connectivity index (χ4n) is 3.84. The van der Waals surface area contributed by atoms with Crippen molar-refractivity contribution in [3.05, 3.63) is 29.3 Å². The number of amides is 1. The third-order valence-corrected chi connectivity index (χ3v) is 6.05. The van der Waals surface area contributed by atoms with Crippen LogP contribution < -0.4 is 10.2 Å². The molecule has 3 heterocycles. The quantitative estimate of drug-likeness (QED) is 0.769. The van der Waals surface area contributed by atoms with Crippen LogP contribution in [0.25, 0.3) is 21.3 Å². The molecule has 2 fully saturated rings. The second-order valence-electron chi connectivity index (χ2n) is 7.24. The Morgan fingerprint density at radius 2 is 2.04 bits per heavy atom. The standard InChI is InChI=1S/C19H19N5OS/c1-10(25)20-17-7-13-5-12(19-23-22-11(2)26-19)3-4-16(13)18(21-17)24-8-14-6-15(14)9-24/h3-5,7,14-15H,6,8-9H2,1-2H3,(H,20,21,25). The molecule has 0 spiro atoms. The number of nitrogens with one attached hydrogen (secondary N) is 1. The molecule has 1 aromatic carbocycles. The molecule has 0 radical (unpaired) electrons. The van der Waals surface area contributed by atoms with E-state index < -0.39 is 0 Å². The molecule has 1 aliphatic heterocycles. The first kappa shape index (κ1) is 15.7. The zero-order chi connectivity index (χ0) is 17.8. The molecule has 2 aliphatic rings. The third-order valence-electron chi connectivity index (χ3n) is 5.17. The van der Waals surface area contributed by atoms with E-state index in [1.165, 1.54) is 13.3 Å². The number of anilines is 2. The SMILES string of the molecule is CC(=O)Nc1cc2cc(-c3nnc(C)s3)ccc2c(N2CC3CC3C2)n1. The van der Waals surface area contributed by atoms with Gasteiger partial charge >= 0.3 is 0 Å². The Morgan fingerprint density at radius 1 is 1.23 bits per heavy atom. The number of rotatable bonds is 3. The minimum Gasteiger partial charge on any atom is -0.355 e. The number of fused-ring (bicyclic) bond motifs is 2. The van der Waals surface area contributed by atoms with Crippen LogP contribution >= 0.6 is 11.3 Å². The van der Waals surface area contributed by atoms with Crippen molar-refractivity contribution in [3.8, 4) is 10.6 Å². The first-order valence-corrected chi connectivity index (χ1v) is 9.66. The first-order chi connectivity index (χ1) is 12.6. The predicted molar refractivity (Wildman–Crippen MR) is 103 cm³/mol. The molecule has 1 saturated carbocycles. The van der Waals surface area contributed by atoms with Gasteiger partial charge in [-0.25, -0.2) is 4.98 Å². The van der Waals surface area contributed by atoms with Crippen LogP contribution in [0.4, 0.5) is 11.6 Å². The van der Waals surface area contributed by atoms with Gasteiger partial charge in [-0.15, -0.1) is 10.2 Å². The fourth-order valence-corrected chi connectivity index (χ4v) is 4.53. The largest absolute Gasteiger partial charge is 0.355 e. The Hall–Kier alpha value is -2.54. The van der Waals surface area contributed by atoms with Gasteiger partial charge in [0, 0.05) is 31.0 Å². The van der Waals surface area contributed by atoms with E-state index >= 15 is 0 Å². The van der Waals surface area contributed by atoms with Gasteiger partial charge in [0.05, 0.1) is 0 Å². The van der Waals surface area contributed by atoms with Crippen molar-refractivity contribution in [2.45, 2.75) is 20.3 Å². The summed E-state index contributed by atoms with van der Waals surface area (Å²) in [7, 11) is 0. The molecular formula is C19H19N5OS. The summed E-state index contributed by atoms with van der Waals surface area (Å²) < 4.78 is 0. The lowest BCUT2D eigenvalue weighted by Gasteiger charge is -2.22. The molecule has 26 heavy (non-hydrogen) atoms. The van der Waals surface area contributed by atoms with Gasteiger partial charge in [-0.05, 0) is 48.8 Å². The maximum atomic E-state index is 11.6. The summed E-state index contributed by atoms with van der Waals surface area (Å²) in [6, 6.07) is 8.25. The van der Waals surface area contributed by atoms with Crippen LogP contribution in [0.1, 0.15) is 18.4 Å². The summed E-state index contributed by atoms with van der Waals surface area (Å²) >= 11 is 1.58. The van der Waals surface area contributed by atoms with Gasteiger partial charge in [0.15, 0.2) is 0 Å². The normalized spacial score (nSPS) is 21.1. The highest BCUT2D eigenvalue weighted by atomic mass is 32.1. The lowest BCUT2D eigenvalue weighted by molar-refractivity contribution is -0.114. The van der Waals surface area contributed by atoms with Crippen LogP contribution in [0, 0.1) is 18.8 Å². The van der Waals surface area contributed by atoms with Gasteiger partial charge in [0.2, 0.25) is 5.91 Å². The molecule has 1 amide bonds. The number of aromatic nitrogens is 3. The highest BCUT2D eigenvalue weighted by molar-refractivity contribution is 7.14. The maximum Gasteiger partial charge on any atom is 0.222 e. The van der Waals surface area contributed by atoms with Crippen molar-refractivity contribution in [1.82, 2.24) is 15.2 Å². The average Bonchev–Trinajstić information content (AvgIpc) is 3.01. The van der Waals surface area contributed by atoms with Crippen LogP contribution in [0.15, 0.2) is 24.3 Å². The van der Waals surface area contributed by atoms with Gasteiger partial charge < -0.3 is 10.2 Å². The Morgan fingerprint density at radius 3 is 2.73 bits per heavy atom. The number of carbonyl (C=O) groups is 1. The smallest absolute Gasteiger partial charge is 0.222 e. The lowest BCUT2D eigenvalue weighted by Crippen LogP contribution is -2.23. The van der Waals surface area contributed by atoms with E-state index in [9.17, 15) is 4.79 Å². The predicted octanol–water partition coefficient (Wildman–Crippen LogP) is 3.48. The van der Waals surface area contributed by atoms with E-state index in [1.807, 2.05) is 13.0 Å². The third kappa shape index (κ3) is 2.72. The molecule has 5 rings (SSSR count). The summed E-state index contributed by atoms with van der Waals surface area (Å²) in [5.74, 6) is 3.10. The Labute approximate surface area is 155 Å². The van der Waals surface area contributed by atoms with Crippen molar-refractivity contribution < 1.29 is 4.79 Å². The Kier molecular flexibility index (Phi) is 3.46. The highest BCUT2D eigenvalue weighted by Gasteiger charge is 2.45. The highest BCUT2D eigenvalue weighted by Crippen LogP contribution is 2.47. The van der Waals surface area contributed by atoms with Crippen LogP contribution in [-0.4, -0.2) is 34.2 Å². The number of aryl methyl sites for hydroxylation is 1. The zero-order valence-electron chi connectivity index (χ0n) is 14.7. The molecule has 0 bridgehead atoms. The van der Waals surface area contributed by atoms with Crippen molar-refractivity contribution in [2.24, 2.45) is 11.8 Å². The molecule has 3 aromatic rings. The minimum atomic E-state index is -0.108. The molecule has 1 aliphatic carbocycles. The topological polar surface area (TPSA) is 71.0 Å². The molecule has 6 nitrogen and oxygen atoms in total. The fraction of sp³-hybridized carbons (Fsp3) is 0.368. The van der Waals surface area contributed by atoms with Gasteiger partial charge in [-0.2, -0.15) is 0 Å². The number of pyridine rings is 1. The summed E-state index contributed by atoms with van der Waals surface area (Å²) in [5.41, 5.74) is 1.04. The second kappa shape index (κ2) is 5.74. The lowest BCUT2D eigenvalue weighted by atomic mass is 10.1. The van der Waals surface area contributed by atoms with E-state index in [0.717, 1.165) is 57.1 Å². The second-order valence-corrected chi connectivity index (χ2v) is 8.42. The number of piperidine rings is 1. The van der Waals surface area contributed by atoms with E-state index in [1.54, 1.807) is 11.3 Å². The zero-order valence-corrected chi connectivity index (χ0v) is 15.5. The maximum absolute atomic E-state index is 11.6. The van der Waals surface area contributed by atoms with Crippen molar-refractivity contribution >= 4 is 39.7 Å². The molecule has 2 atom stereocenters. The molecule has 1 saturated heterocycles. The van der Waals surface area contributed by atoms with Crippen molar-refractivity contribution in [2.75, 3.05) is 23.3 Å². The van der Waals surface area contributed by atoms with Crippen LogP contribution in [0.3, 0.4) is 0 Å². The average molecular weight is 365 g/mol. The van der Waals surface area contributed by atoms with E-state index in [-0.39, 0.29) is 5.91 Å². The molecule has 132 valence electrons. The first-order valence-electron chi connectivity index (χ1n) is 8.84. The molecular weight excluding hydrogens is 346 g/mol. The van der Waals surface area contributed by atoms with Gasteiger partial charge in [0.1, 0.15) is 21.7 Å². The number of hydrogen-bond acceptors (Lipinski definition) is 6. The molecule has 2 aromatic heterocycles. The minimum absolute atomic E-state index is 0.108. The van der Waals surface area contributed by atoms with Gasteiger partial charge in [-0.3, -0.25) is 4.79 Å². The number of hydrogen-bond donors (Lipinski definition) is 1. The van der Waals surface area contributed by atoms with E-state index in [2.05, 4.69) is 38.6 Å². The van der Waals surface area contributed by atoms with Gasteiger partial charge in [-0.1, -0.05) is 17.4 Å². The van der Waals surface area contributed by atoms with Crippen LogP contribution in [0.5, 0.6) is 0 Å². The summed E-state index contributed by atoms with van der Waals surface area (Å²) in [6.07, 6.45) is 1.35. The van der Waals surface area contributed by atoms with Crippen LogP contribution in [0.2, 0.25) is 0 Å². The number of carbonyl (C=O) groups excluding carboxylic acids is 1. The van der Waals surface area contributed by atoms with E-state index in [0.29, 0.717) is 5.82 Å². The number of nitrogens with zero attached hydrogens (tertiary/aromatic N) is 4. The van der Waals surface area contributed by atoms with Crippen molar-refractivity contribution in [3.63, 3.8) is 0 Å². The molecule has 1 N–H and O–H groups in total. The molecule has 7 heteroatoms. The van der Waals surface area contributed by atoms with Gasteiger partial charge in [0.25, 0.3) is 0 Å². The monoisotopic (exact) mass is 365 g/mol.